The molecule has 0 saturated carbocycles. The lowest BCUT2D eigenvalue weighted by molar-refractivity contribution is -0.128. The van der Waals surface area contributed by atoms with Gasteiger partial charge in [0.2, 0.25) is 5.91 Å². The smallest absolute Gasteiger partial charge is 0.219 e. The Balaban J connectivity index is 1.91. The van der Waals surface area contributed by atoms with Crippen LogP contribution < -0.4 is 0 Å². The van der Waals surface area contributed by atoms with Gasteiger partial charge in [0.15, 0.2) is 0 Å². The number of nitrogens with zero attached hydrogens (tertiary/aromatic N) is 2. The maximum atomic E-state index is 11.4. The van der Waals surface area contributed by atoms with Crippen LogP contribution in [0.15, 0.2) is 0 Å². The molecular weight excluding hydrogens is 200 g/mol. The van der Waals surface area contributed by atoms with Gasteiger partial charge in [-0.25, -0.2) is 0 Å². The largest absolute Gasteiger partial charge is 0.342 e. The zero-order valence-corrected chi connectivity index (χ0v) is 10.8. The molecule has 2 rings (SSSR count). The molecule has 2 aliphatic heterocycles. The maximum absolute atomic E-state index is 11.4. The molecule has 2 saturated heterocycles. The first-order valence-corrected chi connectivity index (χ1v) is 6.52. The first-order chi connectivity index (χ1) is 7.52. The lowest BCUT2D eigenvalue weighted by Gasteiger charge is -2.40. The SMILES string of the molecule is CC(=O)N1CCC2(CCN(C(C)C)CC2)C1. The number of hydrogen-bond acceptors (Lipinski definition) is 2. The van der Waals surface area contributed by atoms with Gasteiger partial charge >= 0.3 is 0 Å². The highest BCUT2D eigenvalue weighted by atomic mass is 16.2. The number of rotatable bonds is 1. The van der Waals surface area contributed by atoms with Crippen LogP contribution in [0.2, 0.25) is 0 Å². The molecule has 3 nitrogen and oxygen atoms in total. The number of carbonyl (C=O) groups excluding carboxylic acids is 1. The Labute approximate surface area is 98.8 Å². The molecule has 2 heterocycles. The molecule has 0 unspecified atom stereocenters. The Kier molecular flexibility index (Phi) is 3.24. The second-order valence-electron chi connectivity index (χ2n) is 5.82. The summed E-state index contributed by atoms with van der Waals surface area (Å²) in [5.74, 6) is 0.253. The lowest BCUT2D eigenvalue weighted by atomic mass is 9.77. The molecular formula is C13H24N2O. The van der Waals surface area contributed by atoms with E-state index in [0.717, 1.165) is 13.1 Å². The molecule has 1 spiro atoms. The highest BCUT2D eigenvalue weighted by molar-refractivity contribution is 5.73. The van der Waals surface area contributed by atoms with Crippen LogP contribution in [0.25, 0.3) is 0 Å². The molecule has 0 bridgehead atoms. The fraction of sp³-hybridized carbons (Fsp3) is 0.923. The van der Waals surface area contributed by atoms with Gasteiger partial charge in [0.1, 0.15) is 0 Å². The molecule has 0 aliphatic carbocycles. The monoisotopic (exact) mass is 224 g/mol. The molecule has 92 valence electrons. The zero-order valence-electron chi connectivity index (χ0n) is 10.8. The van der Waals surface area contributed by atoms with Gasteiger partial charge in [-0.15, -0.1) is 0 Å². The molecule has 0 radical (unpaired) electrons. The van der Waals surface area contributed by atoms with Crippen molar-refractivity contribution in [2.75, 3.05) is 26.2 Å². The first-order valence-electron chi connectivity index (χ1n) is 6.52. The summed E-state index contributed by atoms with van der Waals surface area (Å²) >= 11 is 0. The predicted molar refractivity (Wildman–Crippen MR) is 65.2 cm³/mol. The van der Waals surface area contributed by atoms with Gasteiger partial charge in [0, 0.05) is 26.1 Å². The summed E-state index contributed by atoms with van der Waals surface area (Å²) < 4.78 is 0. The third kappa shape index (κ3) is 2.24. The van der Waals surface area contributed by atoms with Gasteiger partial charge in [-0.3, -0.25) is 4.79 Å². The van der Waals surface area contributed by atoms with Crippen molar-refractivity contribution in [3.05, 3.63) is 0 Å². The Bertz CT molecular complexity index is 267. The zero-order chi connectivity index (χ0) is 11.8. The van der Waals surface area contributed by atoms with Crippen molar-refractivity contribution in [1.82, 2.24) is 9.80 Å². The summed E-state index contributed by atoms with van der Waals surface area (Å²) in [6.45, 7) is 10.7. The fourth-order valence-corrected chi connectivity index (χ4v) is 3.13. The summed E-state index contributed by atoms with van der Waals surface area (Å²) in [6.07, 6.45) is 3.77. The van der Waals surface area contributed by atoms with Crippen molar-refractivity contribution in [2.45, 2.75) is 46.1 Å². The molecule has 0 aromatic heterocycles. The van der Waals surface area contributed by atoms with Crippen molar-refractivity contribution in [2.24, 2.45) is 5.41 Å². The van der Waals surface area contributed by atoms with Crippen LogP contribution in [-0.4, -0.2) is 47.9 Å². The Morgan fingerprint density at radius 2 is 1.69 bits per heavy atom. The number of amides is 1. The molecule has 2 aliphatic rings. The van der Waals surface area contributed by atoms with E-state index in [1.54, 1.807) is 6.92 Å². The van der Waals surface area contributed by atoms with Gasteiger partial charge in [-0.2, -0.15) is 0 Å². The molecule has 1 amide bonds. The lowest BCUT2D eigenvalue weighted by Crippen LogP contribution is -2.44. The van der Waals surface area contributed by atoms with Gasteiger partial charge in [-0.05, 0) is 51.6 Å². The molecule has 3 heteroatoms. The Hall–Kier alpha value is -0.570. The summed E-state index contributed by atoms with van der Waals surface area (Å²) in [4.78, 5) is 16.0. The second-order valence-corrected chi connectivity index (χ2v) is 5.82. The first kappa shape index (κ1) is 11.9. The van der Waals surface area contributed by atoms with Gasteiger partial charge < -0.3 is 9.80 Å². The van der Waals surface area contributed by atoms with E-state index in [0.29, 0.717) is 11.5 Å². The molecule has 0 atom stereocenters. The van der Waals surface area contributed by atoms with Crippen molar-refractivity contribution >= 4 is 5.91 Å². The molecule has 0 aromatic carbocycles. The van der Waals surface area contributed by atoms with E-state index >= 15 is 0 Å². The fourth-order valence-electron chi connectivity index (χ4n) is 3.13. The predicted octanol–water partition coefficient (Wildman–Crippen LogP) is 1.73. The Morgan fingerprint density at radius 3 is 2.12 bits per heavy atom. The molecule has 16 heavy (non-hydrogen) atoms. The number of piperidine rings is 1. The van der Waals surface area contributed by atoms with E-state index in [1.807, 2.05) is 4.90 Å². The second kappa shape index (κ2) is 4.36. The van der Waals surface area contributed by atoms with Crippen molar-refractivity contribution < 1.29 is 4.79 Å². The number of likely N-dealkylation sites (tertiary alicyclic amines) is 2. The van der Waals surface area contributed by atoms with Gasteiger partial charge in [0.05, 0.1) is 0 Å². The number of carbonyl (C=O) groups is 1. The van der Waals surface area contributed by atoms with Crippen LogP contribution >= 0.6 is 0 Å². The van der Waals surface area contributed by atoms with E-state index in [2.05, 4.69) is 18.7 Å². The quantitative estimate of drug-likeness (QED) is 0.677. The average molecular weight is 224 g/mol. The van der Waals surface area contributed by atoms with Crippen molar-refractivity contribution in [1.29, 1.82) is 0 Å². The molecule has 0 aromatic rings. The summed E-state index contributed by atoms with van der Waals surface area (Å²) in [7, 11) is 0. The average Bonchev–Trinajstić information content (AvgIpc) is 2.63. The van der Waals surface area contributed by atoms with Crippen molar-refractivity contribution in [3.8, 4) is 0 Å². The van der Waals surface area contributed by atoms with Crippen LogP contribution in [0.3, 0.4) is 0 Å². The van der Waals surface area contributed by atoms with Crippen LogP contribution in [-0.2, 0) is 4.79 Å². The highest BCUT2D eigenvalue weighted by Crippen LogP contribution is 2.40. The topological polar surface area (TPSA) is 23.6 Å². The van der Waals surface area contributed by atoms with Crippen LogP contribution in [0.5, 0.6) is 0 Å². The van der Waals surface area contributed by atoms with E-state index < -0.39 is 0 Å². The molecule has 2 fully saturated rings. The van der Waals surface area contributed by atoms with Crippen LogP contribution in [0.4, 0.5) is 0 Å². The highest BCUT2D eigenvalue weighted by Gasteiger charge is 2.41. The molecule has 0 N–H and O–H groups in total. The van der Waals surface area contributed by atoms with E-state index in [4.69, 9.17) is 0 Å². The summed E-state index contributed by atoms with van der Waals surface area (Å²) in [5, 5.41) is 0. The Morgan fingerprint density at radius 1 is 1.12 bits per heavy atom. The maximum Gasteiger partial charge on any atom is 0.219 e. The minimum absolute atomic E-state index is 0.253. The van der Waals surface area contributed by atoms with E-state index in [1.165, 1.54) is 32.4 Å². The van der Waals surface area contributed by atoms with Crippen LogP contribution in [0.1, 0.15) is 40.0 Å². The van der Waals surface area contributed by atoms with Gasteiger partial charge in [-0.1, -0.05) is 0 Å². The summed E-state index contributed by atoms with van der Waals surface area (Å²) in [6, 6.07) is 0.669. The summed E-state index contributed by atoms with van der Waals surface area (Å²) in [5.41, 5.74) is 0.455. The minimum Gasteiger partial charge on any atom is -0.342 e. The third-order valence-corrected chi connectivity index (χ3v) is 4.47. The minimum atomic E-state index is 0.253. The van der Waals surface area contributed by atoms with E-state index in [-0.39, 0.29) is 5.91 Å². The standard InChI is InChI=1S/C13H24N2O/c1-11(2)14-7-4-13(5-8-14)6-9-15(10-13)12(3)16/h11H,4-10H2,1-3H3. The van der Waals surface area contributed by atoms with Crippen molar-refractivity contribution in [3.63, 3.8) is 0 Å². The third-order valence-electron chi connectivity index (χ3n) is 4.47. The van der Waals surface area contributed by atoms with Crippen LogP contribution in [0, 0.1) is 5.41 Å². The van der Waals surface area contributed by atoms with E-state index in [9.17, 15) is 4.79 Å². The normalized spacial score (nSPS) is 25.6. The number of hydrogen-bond donors (Lipinski definition) is 0. The van der Waals surface area contributed by atoms with Gasteiger partial charge in [0.25, 0.3) is 0 Å².